The third-order valence-electron chi connectivity index (χ3n) is 4.54. The summed E-state index contributed by atoms with van der Waals surface area (Å²) < 4.78 is 1.22. The Hall–Kier alpha value is -2.47. The van der Waals surface area contributed by atoms with Gasteiger partial charge in [-0.15, -0.1) is 0 Å². The molecule has 0 fully saturated rings. The van der Waals surface area contributed by atoms with E-state index in [2.05, 4.69) is 10.4 Å². The highest BCUT2D eigenvalue weighted by atomic mass is 16.3. The third-order valence-corrected chi connectivity index (χ3v) is 4.54. The SMILES string of the molecule is O=C(Cn1nc2c(cc1=O)CCCCC2)N[C@@H](CO)c1ccccc1. The van der Waals surface area contributed by atoms with E-state index in [1.165, 1.54) is 4.68 Å². The van der Waals surface area contributed by atoms with Crippen LogP contribution in [0.25, 0.3) is 0 Å². The molecule has 0 saturated heterocycles. The monoisotopic (exact) mass is 341 g/mol. The summed E-state index contributed by atoms with van der Waals surface area (Å²) >= 11 is 0. The molecule has 1 atom stereocenters. The lowest BCUT2D eigenvalue weighted by molar-refractivity contribution is -0.123. The largest absolute Gasteiger partial charge is 0.394 e. The van der Waals surface area contributed by atoms with Crippen LogP contribution in [-0.2, 0) is 24.2 Å². The zero-order valence-electron chi connectivity index (χ0n) is 14.1. The van der Waals surface area contributed by atoms with Crippen molar-refractivity contribution in [2.75, 3.05) is 6.61 Å². The Labute approximate surface area is 146 Å². The van der Waals surface area contributed by atoms with E-state index in [0.717, 1.165) is 48.9 Å². The molecular formula is C19H23N3O3. The molecule has 132 valence electrons. The highest BCUT2D eigenvalue weighted by Gasteiger charge is 2.16. The first-order valence-electron chi connectivity index (χ1n) is 8.72. The second-order valence-electron chi connectivity index (χ2n) is 6.39. The van der Waals surface area contributed by atoms with Gasteiger partial charge in [-0.1, -0.05) is 36.8 Å². The van der Waals surface area contributed by atoms with Gasteiger partial charge in [0.1, 0.15) is 6.54 Å². The lowest BCUT2D eigenvalue weighted by Crippen LogP contribution is -2.37. The number of aliphatic hydroxyl groups is 1. The Morgan fingerprint density at radius 1 is 1.20 bits per heavy atom. The molecule has 2 N–H and O–H groups in total. The topological polar surface area (TPSA) is 84.2 Å². The van der Waals surface area contributed by atoms with E-state index >= 15 is 0 Å². The van der Waals surface area contributed by atoms with Crippen molar-refractivity contribution >= 4 is 5.91 Å². The molecule has 25 heavy (non-hydrogen) atoms. The van der Waals surface area contributed by atoms with E-state index < -0.39 is 6.04 Å². The number of aromatic nitrogens is 2. The van der Waals surface area contributed by atoms with Gasteiger partial charge < -0.3 is 10.4 Å². The Bertz CT molecular complexity index is 786. The fourth-order valence-electron chi connectivity index (χ4n) is 3.19. The molecule has 1 heterocycles. The van der Waals surface area contributed by atoms with Crippen molar-refractivity contribution in [3.63, 3.8) is 0 Å². The molecule has 6 heteroatoms. The lowest BCUT2D eigenvalue weighted by Gasteiger charge is -2.17. The summed E-state index contributed by atoms with van der Waals surface area (Å²) in [6.07, 6.45) is 5.00. The molecule has 3 rings (SSSR count). The first-order valence-corrected chi connectivity index (χ1v) is 8.72. The van der Waals surface area contributed by atoms with E-state index in [-0.39, 0.29) is 24.6 Å². The van der Waals surface area contributed by atoms with E-state index in [9.17, 15) is 14.7 Å². The van der Waals surface area contributed by atoms with Crippen LogP contribution in [0.15, 0.2) is 41.2 Å². The van der Waals surface area contributed by atoms with Crippen LogP contribution in [0.1, 0.15) is 42.1 Å². The van der Waals surface area contributed by atoms with Crippen molar-refractivity contribution in [3.05, 3.63) is 63.6 Å². The number of rotatable bonds is 5. The summed E-state index contributed by atoms with van der Waals surface area (Å²) in [5.74, 6) is -0.342. The number of nitrogens with one attached hydrogen (secondary N) is 1. The predicted molar refractivity (Wildman–Crippen MR) is 94.2 cm³/mol. The molecule has 1 aromatic heterocycles. The van der Waals surface area contributed by atoms with Crippen LogP contribution in [0.5, 0.6) is 0 Å². The molecule has 0 aliphatic heterocycles. The van der Waals surface area contributed by atoms with Gasteiger partial charge >= 0.3 is 0 Å². The normalized spacial score (nSPS) is 15.1. The number of amides is 1. The zero-order valence-corrected chi connectivity index (χ0v) is 14.1. The first kappa shape index (κ1) is 17.4. The van der Waals surface area contributed by atoms with Crippen molar-refractivity contribution < 1.29 is 9.90 Å². The fraction of sp³-hybridized carbons (Fsp3) is 0.421. The van der Waals surface area contributed by atoms with Gasteiger partial charge in [0, 0.05) is 6.07 Å². The van der Waals surface area contributed by atoms with Gasteiger partial charge in [0.05, 0.1) is 18.3 Å². The molecular weight excluding hydrogens is 318 g/mol. The summed E-state index contributed by atoms with van der Waals surface area (Å²) in [6.45, 7) is -0.349. The van der Waals surface area contributed by atoms with Gasteiger partial charge in [-0.3, -0.25) is 9.59 Å². The minimum Gasteiger partial charge on any atom is -0.394 e. The highest BCUT2D eigenvalue weighted by molar-refractivity contribution is 5.76. The summed E-state index contributed by atoms with van der Waals surface area (Å²) in [4.78, 5) is 24.6. The van der Waals surface area contributed by atoms with Crippen LogP contribution >= 0.6 is 0 Å². The molecule has 0 saturated carbocycles. The maximum Gasteiger partial charge on any atom is 0.267 e. The molecule has 0 bridgehead atoms. The van der Waals surface area contributed by atoms with Crippen molar-refractivity contribution in [3.8, 4) is 0 Å². The summed E-state index contributed by atoms with van der Waals surface area (Å²) in [7, 11) is 0. The van der Waals surface area contributed by atoms with Crippen LogP contribution in [-0.4, -0.2) is 27.4 Å². The van der Waals surface area contributed by atoms with Gasteiger partial charge in [-0.2, -0.15) is 5.10 Å². The maximum atomic E-state index is 12.3. The van der Waals surface area contributed by atoms with Crippen LogP contribution in [0.2, 0.25) is 0 Å². The maximum absolute atomic E-state index is 12.3. The molecule has 0 spiro atoms. The number of fused-ring (bicyclic) bond motifs is 1. The molecule has 2 aromatic rings. The minimum absolute atomic E-state index is 0.143. The number of nitrogens with zero attached hydrogens (tertiary/aromatic N) is 2. The van der Waals surface area contributed by atoms with Gasteiger partial charge in [-0.25, -0.2) is 4.68 Å². The Kier molecular flexibility index (Phi) is 5.60. The van der Waals surface area contributed by atoms with Gasteiger partial charge in [-0.05, 0) is 36.8 Å². The Morgan fingerprint density at radius 3 is 2.72 bits per heavy atom. The molecule has 1 amide bonds. The predicted octanol–water partition coefficient (Wildman–Crippen LogP) is 1.36. The fourth-order valence-corrected chi connectivity index (χ4v) is 3.19. The Morgan fingerprint density at radius 2 is 1.96 bits per heavy atom. The number of aliphatic hydroxyl groups excluding tert-OH is 1. The first-order chi connectivity index (χ1) is 12.2. The average molecular weight is 341 g/mol. The van der Waals surface area contributed by atoms with Crippen molar-refractivity contribution in [1.82, 2.24) is 15.1 Å². The number of hydrogen-bond donors (Lipinski definition) is 2. The van der Waals surface area contributed by atoms with Crippen molar-refractivity contribution in [1.29, 1.82) is 0 Å². The van der Waals surface area contributed by atoms with E-state index in [1.54, 1.807) is 6.07 Å². The molecule has 1 aliphatic carbocycles. The van der Waals surface area contributed by atoms with Crippen LogP contribution < -0.4 is 10.9 Å². The number of carbonyl (C=O) groups is 1. The molecule has 0 unspecified atom stereocenters. The smallest absolute Gasteiger partial charge is 0.267 e. The lowest BCUT2D eigenvalue weighted by atomic mass is 10.1. The molecule has 1 aromatic carbocycles. The highest BCUT2D eigenvalue weighted by Crippen LogP contribution is 2.17. The van der Waals surface area contributed by atoms with Gasteiger partial charge in [0.2, 0.25) is 5.91 Å². The average Bonchev–Trinajstić information content (AvgIpc) is 2.85. The third kappa shape index (κ3) is 4.33. The quantitative estimate of drug-likeness (QED) is 0.805. The minimum atomic E-state index is -0.495. The number of carbonyl (C=O) groups excluding carboxylic acids is 1. The second-order valence-corrected chi connectivity index (χ2v) is 6.39. The van der Waals surface area contributed by atoms with Crippen LogP contribution in [0.3, 0.4) is 0 Å². The standard InChI is InChI=1S/C19H23N3O3/c23-13-17(14-7-3-1-4-8-14)20-18(24)12-22-19(25)11-15-9-5-2-6-10-16(15)21-22/h1,3-4,7-8,11,17,23H,2,5-6,9-10,12-13H2,(H,20,24)/t17-/m0/s1. The van der Waals surface area contributed by atoms with Crippen molar-refractivity contribution in [2.24, 2.45) is 0 Å². The molecule has 0 radical (unpaired) electrons. The number of benzene rings is 1. The van der Waals surface area contributed by atoms with Crippen LogP contribution in [0, 0.1) is 0 Å². The summed E-state index contributed by atoms with van der Waals surface area (Å²) in [5, 5.41) is 16.7. The number of aryl methyl sites for hydroxylation is 2. The van der Waals surface area contributed by atoms with Gasteiger partial charge in [0.15, 0.2) is 0 Å². The second kappa shape index (κ2) is 8.07. The van der Waals surface area contributed by atoms with Gasteiger partial charge in [0.25, 0.3) is 5.56 Å². The van der Waals surface area contributed by atoms with E-state index in [1.807, 2.05) is 30.3 Å². The molecule has 1 aliphatic rings. The van der Waals surface area contributed by atoms with Crippen LogP contribution in [0.4, 0.5) is 0 Å². The van der Waals surface area contributed by atoms with E-state index in [0.29, 0.717) is 0 Å². The van der Waals surface area contributed by atoms with E-state index in [4.69, 9.17) is 0 Å². The van der Waals surface area contributed by atoms with Crippen molar-refractivity contribution in [2.45, 2.75) is 44.7 Å². The molecule has 6 nitrogen and oxygen atoms in total. The number of hydrogen-bond acceptors (Lipinski definition) is 4. The Balaban J connectivity index is 1.72. The summed E-state index contributed by atoms with van der Waals surface area (Å²) in [5.41, 5.74) is 2.50. The zero-order chi connectivity index (χ0) is 17.6. The summed E-state index contributed by atoms with van der Waals surface area (Å²) in [6, 6.07) is 10.4.